The first-order valence-corrected chi connectivity index (χ1v) is 11.1. The van der Waals surface area contributed by atoms with Crippen LogP contribution in [0.25, 0.3) is 0 Å². The van der Waals surface area contributed by atoms with Crippen LogP contribution in [0.15, 0.2) is 77.7 Å². The number of nitrogens with one attached hydrogen (secondary N) is 2. The molecule has 0 saturated heterocycles. The number of aryl methyl sites for hydroxylation is 1. The molecule has 0 saturated carbocycles. The second-order valence-electron chi connectivity index (χ2n) is 7.11. The van der Waals surface area contributed by atoms with E-state index in [0.717, 1.165) is 11.6 Å². The molecule has 6 nitrogen and oxygen atoms in total. The number of para-hydroxylation sites is 1. The molecule has 0 fully saturated rings. The fraction of sp³-hybridized carbons (Fsp3) is 0.174. The van der Waals surface area contributed by atoms with Crippen LogP contribution in [0.1, 0.15) is 22.8 Å². The minimum atomic E-state index is -4.06. The maximum Gasteiger partial charge on any atom is 0.262 e. The van der Waals surface area contributed by atoms with Crippen molar-refractivity contribution in [3.8, 4) is 5.75 Å². The lowest BCUT2D eigenvalue weighted by Crippen LogP contribution is -2.36. The second kappa shape index (κ2) is 9.61. The lowest BCUT2D eigenvalue weighted by atomic mass is 10.2. The summed E-state index contributed by atoms with van der Waals surface area (Å²) in [5.41, 5.74) is 1.12. The SMILES string of the molecule is Cc1ccc(OCC(C)NC(=O)c2cccc(S(=O)(=O)Nc3ccccc3F)c2)cc1. The van der Waals surface area contributed by atoms with Gasteiger partial charge in [-0.1, -0.05) is 35.9 Å². The Morgan fingerprint density at radius 3 is 2.45 bits per heavy atom. The summed E-state index contributed by atoms with van der Waals surface area (Å²) in [6.07, 6.45) is 0. The maximum atomic E-state index is 13.8. The van der Waals surface area contributed by atoms with E-state index in [1.165, 1.54) is 42.5 Å². The highest BCUT2D eigenvalue weighted by Gasteiger charge is 2.19. The summed E-state index contributed by atoms with van der Waals surface area (Å²) in [4.78, 5) is 12.4. The summed E-state index contributed by atoms with van der Waals surface area (Å²) in [6.45, 7) is 4.01. The van der Waals surface area contributed by atoms with Crippen molar-refractivity contribution in [2.45, 2.75) is 24.8 Å². The Balaban J connectivity index is 1.65. The van der Waals surface area contributed by atoms with Gasteiger partial charge in [0.1, 0.15) is 18.2 Å². The van der Waals surface area contributed by atoms with Crippen LogP contribution in [-0.2, 0) is 10.0 Å². The van der Waals surface area contributed by atoms with Gasteiger partial charge in [0.2, 0.25) is 0 Å². The van der Waals surface area contributed by atoms with E-state index in [2.05, 4.69) is 10.0 Å². The van der Waals surface area contributed by atoms with Crippen LogP contribution in [0.2, 0.25) is 0 Å². The van der Waals surface area contributed by atoms with E-state index >= 15 is 0 Å². The van der Waals surface area contributed by atoms with Crippen molar-refractivity contribution in [3.05, 3.63) is 89.7 Å². The van der Waals surface area contributed by atoms with Crippen molar-refractivity contribution in [3.63, 3.8) is 0 Å². The van der Waals surface area contributed by atoms with E-state index < -0.39 is 21.7 Å². The van der Waals surface area contributed by atoms with E-state index in [1.807, 2.05) is 31.2 Å². The van der Waals surface area contributed by atoms with Crippen LogP contribution in [0.5, 0.6) is 5.75 Å². The second-order valence-corrected chi connectivity index (χ2v) is 8.79. The number of hydrogen-bond acceptors (Lipinski definition) is 4. The van der Waals surface area contributed by atoms with Crippen molar-refractivity contribution in [2.24, 2.45) is 0 Å². The predicted molar refractivity (Wildman–Crippen MR) is 117 cm³/mol. The highest BCUT2D eigenvalue weighted by molar-refractivity contribution is 7.92. The summed E-state index contributed by atoms with van der Waals surface area (Å²) in [6, 6.07) is 18.2. The van der Waals surface area contributed by atoms with E-state index in [1.54, 1.807) is 6.92 Å². The van der Waals surface area contributed by atoms with Gasteiger partial charge in [0.25, 0.3) is 15.9 Å². The first-order valence-electron chi connectivity index (χ1n) is 9.62. The third kappa shape index (κ3) is 6.05. The van der Waals surface area contributed by atoms with Gasteiger partial charge in [-0.25, -0.2) is 12.8 Å². The van der Waals surface area contributed by atoms with Crippen LogP contribution in [0.4, 0.5) is 10.1 Å². The van der Waals surface area contributed by atoms with Crippen molar-refractivity contribution in [1.82, 2.24) is 5.32 Å². The van der Waals surface area contributed by atoms with Crippen LogP contribution >= 0.6 is 0 Å². The summed E-state index contributed by atoms with van der Waals surface area (Å²) < 4.78 is 46.9. The summed E-state index contributed by atoms with van der Waals surface area (Å²) >= 11 is 0. The maximum absolute atomic E-state index is 13.8. The number of anilines is 1. The van der Waals surface area contributed by atoms with E-state index in [-0.39, 0.29) is 28.8 Å². The zero-order chi connectivity index (χ0) is 22.4. The molecule has 2 N–H and O–H groups in total. The Hall–Kier alpha value is -3.39. The van der Waals surface area contributed by atoms with Gasteiger partial charge < -0.3 is 10.1 Å². The van der Waals surface area contributed by atoms with Crippen LogP contribution in [0.3, 0.4) is 0 Å². The van der Waals surface area contributed by atoms with Crippen molar-refractivity contribution < 1.29 is 22.3 Å². The molecule has 8 heteroatoms. The molecule has 1 amide bonds. The molecule has 3 aromatic rings. The largest absolute Gasteiger partial charge is 0.491 e. The topological polar surface area (TPSA) is 84.5 Å². The van der Waals surface area contributed by atoms with Gasteiger partial charge in [-0.05, 0) is 56.3 Å². The predicted octanol–water partition coefficient (Wildman–Crippen LogP) is 4.13. The van der Waals surface area contributed by atoms with Crippen molar-refractivity contribution in [2.75, 3.05) is 11.3 Å². The molecule has 1 unspecified atom stereocenters. The highest BCUT2D eigenvalue weighted by Crippen LogP contribution is 2.19. The van der Waals surface area contributed by atoms with Crippen LogP contribution in [-0.4, -0.2) is 27.0 Å². The van der Waals surface area contributed by atoms with E-state index in [9.17, 15) is 17.6 Å². The summed E-state index contributed by atoms with van der Waals surface area (Å²) in [5, 5.41) is 2.78. The van der Waals surface area contributed by atoms with Gasteiger partial charge >= 0.3 is 0 Å². The highest BCUT2D eigenvalue weighted by atomic mass is 32.2. The van der Waals surface area contributed by atoms with Gasteiger partial charge in [0.05, 0.1) is 16.6 Å². The van der Waals surface area contributed by atoms with Gasteiger partial charge in [0.15, 0.2) is 0 Å². The molecule has 1 atom stereocenters. The Bertz CT molecular complexity index is 1160. The molecule has 0 aliphatic heterocycles. The molecule has 162 valence electrons. The Morgan fingerprint density at radius 1 is 1.03 bits per heavy atom. The average molecular weight is 443 g/mol. The van der Waals surface area contributed by atoms with E-state index in [4.69, 9.17) is 4.74 Å². The molecule has 0 aromatic heterocycles. The molecule has 31 heavy (non-hydrogen) atoms. The van der Waals surface area contributed by atoms with Crippen molar-refractivity contribution >= 4 is 21.6 Å². The first kappa shape index (κ1) is 22.3. The van der Waals surface area contributed by atoms with Gasteiger partial charge in [-0.2, -0.15) is 0 Å². The number of ether oxygens (including phenoxy) is 1. The number of carbonyl (C=O) groups is 1. The fourth-order valence-corrected chi connectivity index (χ4v) is 3.87. The minimum absolute atomic E-state index is 0.146. The quantitative estimate of drug-likeness (QED) is 0.549. The van der Waals surface area contributed by atoms with Crippen LogP contribution in [0, 0.1) is 12.7 Å². The number of sulfonamides is 1. The normalized spacial score (nSPS) is 12.1. The third-order valence-electron chi connectivity index (χ3n) is 4.42. The van der Waals surface area contributed by atoms with Crippen molar-refractivity contribution in [1.29, 1.82) is 0 Å². The lowest BCUT2D eigenvalue weighted by molar-refractivity contribution is 0.0926. The van der Waals surface area contributed by atoms with Gasteiger partial charge in [-0.3, -0.25) is 9.52 Å². The standard InChI is InChI=1S/C23H23FN2O4S/c1-16-10-12-19(13-11-16)30-15-17(2)25-23(27)18-6-5-7-20(14-18)31(28,29)26-22-9-4-3-8-21(22)24/h3-14,17,26H,15H2,1-2H3,(H,25,27). The average Bonchev–Trinajstić information content (AvgIpc) is 2.75. The zero-order valence-corrected chi connectivity index (χ0v) is 17.9. The molecular formula is C23H23FN2O4S. The number of amides is 1. The molecule has 0 bridgehead atoms. The molecule has 3 rings (SSSR count). The molecule has 0 spiro atoms. The minimum Gasteiger partial charge on any atom is -0.491 e. The third-order valence-corrected chi connectivity index (χ3v) is 5.79. The molecule has 3 aromatic carbocycles. The number of benzene rings is 3. The Morgan fingerprint density at radius 2 is 1.74 bits per heavy atom. The fourth-order valence-electron chi connectivity index (χ4n) is 2.76. The zero-order valence-electron chi connectivity index (χ0n) is 17.1. The van der Waals surface area contributed by atoms with Gasteiger partial charge in [0, 0.05) is 5.56 Å². The first-order chi connectivity index (χ1) is 14.7. The monoisotopic (exact) mass is 442 g/mol. The molecule has 0 radical (unpaired) electrons. The number of rotatable bonds is 8. The molecule has 0 heterocycles. The molecular weight excluding hydrogens is 419 g/mol. The summed E-state index contributed by atoms with van der Waals surface area (Å²) in [7, 11) is -4.06. The number of carbonyl (C=O) groups excluding carboxylic acids is 1. The number of hydrogen-bond donors (Lipinski definition) is 2. The molecule has 0 aliphatic carbocycles. The molecule has 0 aliphatic rings. The lowest BCUT2D eigenvalue weighted by Gasteiger charge is -2.16. The smallest absolute Gasteiger partial charge is 0.262 e. The van der Waals surface area contributed by atoms with E-state index in [0.29, 0.717) is 5.75 Å². The Labute approximate surface area is 181 Å². The Kier molecular flexibility index (Phi) is 6.91. The van der Waals surface area contributed by atoms with Crippen LogP contribution < -0.4 is 14.8 Å². The number of halogens is 1. The summed E-state index contributed by atoms with van der Waals surface area (Å²) in [5.74, 6) is -0.440. The van der Waals surface area contributed by atoms with Gasteiger partial charge in [-0.15, -0.1) is 0 Å².